The number of nitrogens with two attached hydrogens (primary N) is 1. The summed E-state index contributed by atoms with van der Waals surface area (Å²) in [5.74, 6) is 6.13. The van der Waals surface area contributed by atoms with Gasteiger partial charge in [-0.05, 0) is 55.8 Å². The zero-order chi connectivity index (χ0) is 13.9. The summed E-state index contributed by atoms with van der Waals surface area (Å²) in [7, 11) is 0. The molecule has 0 unspecified atom stereocenters. The fourth-order valence-corrected chi connectivity index (χ4v) is 5.52. The van der Waals surface area contributed by atoms with Crippen LogP contribution in [0, 0.1) is 23.7 Å². The number of H-pyrrole nitrogens is 1. The molecule has 3 nitrogen and oxygen atoms in total. The van der Waals surface area contributed by atoms with Crippen molar-refractivity contribution in [2.45, 2.75) is 64.3 Å². The monoisotopic (exact) mass is 273 g/mol. The van der Waals surface area contributed by atoms with Gasteiger partial charge in [0.2, 0.25) is 0 Å². The van der Waals surface area contributed by atoms with Crippen LogP contribution in [-0.2, 0) is 6.54 Å². The number of rotatable bonds is 3. The van der Waals surface area contributed by atoms with Crippen molar-refractivity contribution in [1.29, 1.82) is 0 Å². The molecule has 110 valence electrons. The van der Waals surface area contributed by atoms with Crippen molar-refractivity contribution in [2.75, 3.05) is 0 Å². The van der Waals surface area contributed by atoms with Crippen molar-refractivity contribution in [3.8, 4) is 0 Å². The summed E-state index contributed by atoms with van der Waals surface area (Å²) in [5, 5.41) is 0. The van der Waals surface area contributed by atoms with E-state index in [1.165, 1.54) is 43.5 Å². The molecule has 4 aliphatic carbocycles. The number of aromatic nitrogens is 2. The van der Waals surface area contributed by atoms with Crippen LogP contribution in [0.4, 0.5) is 0 Å². The molecule has 20 heavy (non-hydrogen) atoms. The summed E-state index contributed by atoms with van der Waals surface area (Å²) in [6.45, 7) is 5.03. The fourth-order valence-electron chi connectivity index (χ4n) is 5.52. The Morgan fingerprint density at radius 2 is 1.70 bits per heavy atom. The second-order valence-corrected chi connectivity index (χ2v) is 7.80. The summed E-state index contributed by atoms with van der Waals surface area (Å²) in [5.41, 5.74) is 8.54. The van der Waals surface area contributed by atoms with E-state index in [1.54, 1.807) is 0 Å². The molecule has 1 aromatic heterocycles. The molecule has 4 bridgehead atoms. The van der Waals surface area contributed by atoms with E-state index in [0.717, 1.165) is 29.5 Å². The summed E-state index contributed by atoms with van der Waals surface area (Å²) >= 11 is 0. The SMILES string of the molecule is CC(C)c1nc(C2C3CC4CC(C3)CC2C4)c(CN)[nH]1. The number of hydrogen-bond donors (Lipinski definition) is 2. The van der Waals surface area contributed by atoms with Gasteiger partial charge >= 0.3 is 0 Å². The lowest BCUT2D eigenvalue weighted by Crippen LogP contribution is -2.44. The van der Waals surface area contributed by atoms with Gasteiger partial charge in [-0.15, -0.1) is 0 Å². The molecule has 0 radical (unpaired) electrons. The van der Waals surface area contributed by atoms with Crippen molar-refractivity contribution in [2.24, 2.45) is 29.4 Å². The average Bonchev–Trinajstić information content (AvgIpc) is 2.81. The molecular weight excluding hydrogens is 246 g/mol. The molecule has 0 saturated heterocycles. The minimum atomic E-state index is 0.464. The Morgan fingerprint density at radius 3 is 2.20 bits per heavy atom. The van der Waals surface area contributed by atoms with Gasteiger partial charge in [-0.1, -0.05) is 13.8 Å². The van der Waals surface area contributed by atoms with E-state index >= 15 is 0 Å². The highest BCUT2D eigenvalue weighted by atomic mass is 15.0. The highest BCUT2D eigenvalue weighted by Crippen LogP contribution is 2.59. The first kappa shape index (κ1) is 12.9. The Balaban J connectivity index is 1.70. The van der Waals surface area contributed by atoms with E-state index in [-0.39, 0.29) is 0 Å². The van der Waals surface area contributed by atoms with E-state index in [1.807, 2.05) is 0 Å². The molecule has 1 heterocycles. The molecule has 3 heteroatoms. The minimum Gasteiger partial charge on any atom is -0.344 e. The van der Waals surface area contributed by atoms with E-state index in [4.69, 9.17) is 10.7 Å². The first-order valence-electron chi connectivity index (χ1n) is 8.44. The van der Waals surface area contributed by atoms with Crippen molar-refractivity contribution in [3.63, 3.8) is 0 Å². The third-order valence-corrected chi connectivity index (χ3v) is 6.12. The zero-order valence-corrected chi connectivity index (χ0v) is 12.7. The fraction of sp³-hybridized carbons (Fsp3) is 0.824. The lowest BCUT2D eigenvalue weighted by molar-refractivity contribution is -0.00435. The second-order valence-electron chi connectivity index (χ2n) is 7.80. The third kappa shape index (κ3) is 1.86. The molecule has 0 amide bonds. The molecule has 4 aliphatic rings. The molecule has 5 rings (SSSR count). The predicted octanol–water partition coefficient (Wildman–Crippen LogP) is 3.53. The van der Waals surface area contributed by atoms with Gasteiger partial charge in [-0.25, -0.2) is 4.98 Å². The van der Waals surface area contributed by atoms with Crippen LogP contribution in [0.25, 0.3) is 0 Å². The molecule has 0 atom stereocenters. The first-order chi connectivity index (χ1) is 9.65. The maximum absolute atomic E-state index is 5.99. The first-order valence-corrected chi connectivity index (χ1v) is 8.44. The van der Waals surface area contributed by atoms with Gasteiger partial charge < -0.3 is 10.7 Å². The second kappa shape index (κ2) is 4.59. The van der Waals surface area contributed by atoms with Crippen molar-refractivity contribution >= 4 is 0 Å². The molecule has 3 N–H and O–H groups in total. The standard InChI is InChI=1S/C17H27N3/c1-9(2)17-19-14(8-18)16(20-17)15-12-4-10-3-11(6-12)7-13(15)5-10/h9-13,15H,3-8,18H2,1-2H3,(H,19,20). The topological polar surface area (TPSA) is 54.7 Å². The summed E-state index contributed by atoms with van der Waals surface area (Å²) < 4.78 is 0. The number of nitrogens with zero attached hydrogens (tertiary/aromatic N) is 1. The smallest absolute Gasteiger partial charge is 0.109 e. The lowest BCUT2D eigenvalue weighted by Gasteiger charge is -2.54. The minimum absolute atomic E-state index is 0.464. The van der Waals surface area contributed by atoms with Crippen LogP contribution < -0.4 is 5.73 Å². The molecule has 1 aromatic rings. The van der Waals surface area contributed by atoms with Gasteiger partial charge in [-0.2, -0.15) is 0 Å². The Morgan fingerprint density at radius 1 is 1.10 bits per heavy atom. The van der Waals surface area contributed by atoms with Crippen LogP contribution in [0.2, 0.25) is 0 Å². The van der Waals surface area contributed by atoms with Crippen molar-refractivity contribution in [3.05, 3.63) is 17.2 Å². The van der Waals surface area contributed by atoms with E-state index in [9.17, 15) is 0 Å². The van der Waals surface area contributed by atoms with Gasteiger partial charge in [-0.3, -0.25) is 0 Å². The van der Waals surface area contributed by atoms with Crippen LogP contribution in [0.15, 0.2) is 0 Å². The highest BCUT2D eigenvalue weighted by molar-refractivity contribution is 5.24. The molecule has 0 spiro atoms. The Kier molecular flexibility index (Phi) is 2.95. The van der Waals surface area contributed by atoms with Gasteiger partial charge in [0.1, 0.15) is 5.82 Å². The predicted molar refractivity (Wildman–Crippen MR) is 80.4 cm³/mol. The molecule has 0 aliphatic heterocycles. The number of hydrogen-bond acceptors (Lipinski definition) is 2. The van der Waals surface area contributed by atoms with Crippen LogP contribution in [-0.4, -0.2) is 9.97 Å². The molecule has 4 saturated carbocycles. The van der Waals surface area contributed by atoms with Crippen LogP contribution in [0.5, 0.6) is 0 Å². The lowest BCUT2D eigenvalue weighted by atomic mass is 9.51. The van der Waals surface area contributed by atoms with Crippen molar-refractivity contribution < 1.29 is 0 Å². The Labute approximate surface area is 121 Å². The molecule has 4 fully saturated rings. The summed E-state index contributed by atoms with van der Waals surface area (Å²) in [6, 6.07) is 0. The van der Waals surface area contributed by atoms with Crippen molar-refractivity contribution in [1.82, 2.24) is 9.97 Å². The maximum atomic E-state index is 5.99. The largest absolute Gasteiger partial charge is 0.344 e. The highest BCUT2D eigenvalue weighted by Gasteiger charge is 2.49. The molecule has 0 aromatic carbocycles. The third-order valence-electron chi connectivity index (χ3n) is 6.12. The average molecular weight is 273 g/mol. The van der Waals surface area contributed by atoms with Crippen LogP contribution >= 0.6 is 0 Å². The quantitative estimate of drug-likeness (QED) is 0.885. The Bertz CT molecular complexity index is 474. The molecular formula is C17H27N3. The maximum Gasteiger partial charge on any atom is 0.109 e. The van der Waals surface area contributed by atoms with E-state index in [2.05, 4.69) is 18.8 Å². The number of nitrogens with one attached hydrogen (secondary N) is 1. The van der Waals surface area contributed by atoms with Crippen LogP contribution in [0.1, 0.15) is 75.0 Å². The van der Waals surface area contributed by atoms with Crippen LogP contribution in [0.3, 0.4) is 0 Å². The number of imidazole rings is 1. The van der Waals surface area contributed by atoms with Gasteiger partial charge in [0, 0.05) is 18.4 Å². The summed E-state index contributed by atoms with van der Waals surface area (Å²) in [6.07, 6.45) is 7.31. The van der Waals surface area contributed by atoms with Gasteiger partial charge in [0.25, 0.3) is 0 Å². The normalized spacial score (nSPS) is 38.9. The zero-order valence-electron chi connectivity index (χ0n) is 12.7. The van der Waals surface area contributed by atoms with Gasteiger partial charge in [0.05, 0.1) is 11.4 Å². The number of aromatic amines is 1. The van der Waals surface area contributed by atoms with E-state index < -0.39 is 0 Å². The summed E-state index contributed by atoms with van der Waals surface area (Å²) in [4.78, 5) is 8.49. The van der Waals surface area contributed by atoms with E-state index in [0.29, 0.717) is 18.4 Å². The van der Waals surface area contributed by atoms with Gasteiger partial charge in [0.15, 0.2) is 0 Å². The Hall–Kier alpha value is -0.830.